The lowest BCUT2D eigenvalue weighted by atomic mass is 10.2. The van der Waals surface area contributed by atoms with Gasteiger partial charge in [-0.2, -0.15) is 0 Å². The maximum absolute atomic E-state index is 12.3. The molecule has 0 saturated heterocycles. The number of aryl methyl sites for hydroxylation is 1. The van der Waals surface area contributed by atoms with Gasteiger partial charge in [0.2, 0.25) is 0 Å². The van der Waals surface area contributed by atoms with E-state index >= 15 is 0 Å². The van der Waals surface area contributed by atoms with Crippen molar-refractivity contribution in [3.8, 4) is 0 Å². The lowest BCUT2D eigenvalue weighted by Crippen LogP contribution is -2.13. The van der Waals surface area contributed by atoms with Crippen LogP contribution in [0.25, 0.3) is 6.08 Å². The van der Waals surface area contributed by atoms with E-state index in [0.717, 1.165) is 16.5 Å². The van der Waals surface area contributed by atoms with Crippen molar-refractivity contribution in [3.05, 3.63) is 95.0 Å². The zero-order chi connectivity index (χ0) is 20.0. The number of nitrogens with zero attached hydrogens (tertiary/aromatic N) is 1. The SMILES string of the molecule is Cc1ccnc(NC(=O)c2ccc(NS(=O)(=O)C=Cc3ccccc3)cc2)c1. The van der Waals surface area contributed by atoms with Gasteiger partial charge in [-0.15, -0.1) is 0 Å². The fourth-order valence-corrected chi connectivity index (χ4v) is 3.28. The maximum Gasteiger partial charge on any atom is 0.256 e. The number of benzene rings is 2. The molecule has 2 aromatic carbocycles. The second-order valence-electron chi connectivity index (χ2n) is 6.11. The van der Waals surface area contributed by atoms with Crippen LogP contribution >= 0.6 is 0 Å². The van der Waals surface area contributed by atoms with Gasteiger partial charge in [-0.25, -0.2) is 13.4 Å². The lowest BCUT2D eigenvalue weighted by Gasteiger charge is -2.07. The summed E-state index contributed by atoms with van der Waals surface area (Å²) in [6, 6.07) is 18.9. The second-order valence-corrected chi connectivity index (χ2v) is 7.68. The molecule has 7 heteroatoms. The number of sulfonamides is 1. The Morgan fingerprint density at radius 2 is 1.71 bits per heavy atom. The number of carbonyl (C=O) groups excluding carboxylic acids is 1. The van der Waals surface area contributed by atoms with E-state index in [2.05, 4.69) is 15.0 Å². The summed E-state index contributed by atoms with van der Waals surface area (Å²) in [4.78, 5) is 16.4. The monoisotopic (exact) mass is 393 g/mol. The number of nitrogens with one attached hydrogen (secondary N) is 2. The van der Waals surface area contributed by atoms with Gasteiger partial charge >= 0.3 is 0 Å². The minimum absolute atomic E-state index is 0.323. The Kier molecular flexibility index (Phi) is 5.86. The Morgan fingerprint density at radius 1 is 1.00 bits per heavy atom. The molecule has 0 spiro atoms. The highest BCUT2D eigenvalue weighted by atomic mass is 32.2. The lowest BCUT2D eigenvalue weighted by molar-refractivity contribution is 0.102. The normalized spacial score (nSPS) is 11.3. The quantitative estimate of drug-likeness (QED) is 0.661. The van der Waals surface area contributed by atoms with Gasteiger partial charge in [0, 0.05) is 17.4 Å². The molecule has 0 fully saturated rings. The van der Waals surface area contributed by atoms with Crippen LogP contribution in [0.2, 0.25) is 0 Å². The van der Waals surface area contributed by atoms with Gasteiger partial charge in [0.1, 0.15) is 5.82 Å². The van der Waals surface area contributed by atoms with Crippen LogP contribution in [0.4, 0.5) is 11.5 Å². The Balaban J connectivity index is 1.65. The molecule has 6 nitrogen and oxygen atoms in total. The first-order chi connectivity index (χ1) is 13.4. The van der Waals surface area contributed by atoms with Gasteiger partial charge < -0.3 is 5.32 Å². The molecule has 0 bridgehead atoms. The standard InChI is InChI=1S/C21H19N3O3S/c1-16-11-13-22-20(15-16)23-21(25)18-7-9-19(10-8-18)24-28(26,27)14-12-17-5-3-2-4-6-17/h2-15,24H,1H3,(H,22,23,25). The summed E-state index contributed by atoms with van der Waals surface area (Å²) in [7, 11) is -3.66. The molecule has 0 aliphatic heterocycles. The molecule has 0 aliphatic carbocycles. The number of pyridine rings is 1. The molecule has 1 aromatic heterocycles. The highest BCUT2D eigenvalue weighted by Gasteiger charge is 2.09. The van der Waals surface area contributed by atoms with Crippen LogP contribution in [0.1, 0.15) is 21.5 Å². The first-order valence-corrected chi connectivity index (χ1v) is 10.1. The summed E-state index contributed by atoms with van der Waals surface area (Å²) in [5.74, 6) is 0.136. The molecule has 28 heavy (non-hydrogen) atoms. The van der Waals surface area contributed by atoms with Gasteiger partial charge in [-0.05, 0) is 60.5 Å². The van der Waals surface area contributed by atoms with Crippen LogP contribution in [0.3, 0.4) is 0 Å². The van der Waals surface area contributed by atoms with E-state index in [1.54, 1.807) is 24.4 Å². The molecule has 3 rings (SSSR count). The van der Waals surface area contributed by atoms with E-state index in [-0.39, 0.29) is 5.91 Å². The molecule has 2 N–H and O–H groups in total. The zero-order valence-corrected chi connectivity index (χ0v) is 16.0. The van der Waals surface area contributed by atoms with Gasteiger partial charge in [0.05, 0.1) is 5.41 Å². The molecule has 1 heterocycles. The van der Waals surface area contributed by atoms with Crippen molar-refractivity contribution in [3.63, 3.8) is 0 Å². The average molecular weight is 393 g/mol. The number of hydrogen-bond acceptors (Lipinski definition) is 4. The second kappa shape index (κ2) is 8.49. The van der Waals surface area contributed by atoms with E-state index in [4.69, 9.17) is 0 Å². The molecule has 1 amide bonds. The van der Waals surface area contributed by atoms with Crippen molar-refractivity contribution in [2.45, 2.75) is 6.92 Å². The highest BCUT2D eigenvalue weighted by molar-refractivity contribution is 7.95. The average Bonchev–Trinajstić information content (AvgIpc) is 2.67. The summed E-state index contributed by atoms with van der Waals surface area (Å²) >= 11 is 0. The first-order valence-electron chi connectivity index (χ1n) is 8.51. The molecular formula is C21H19N3O3S. The summed E-state index contributed by atoms with van der Waals surface area (Å²) in [6.07, 6.45) is 3.13. The zero-order valence-electron chi connectivity index (χ0n) is 15.2. The fraction of sp³-hybridized carbons (Fsp3) is 0.0476. The van der Waals surface area contributed by atoms with Crippen molar-refractivity contribution in [2.24, 2.45) is 0 Å². The van der Waals surface area contributed by atoms with Crippen molar-refractivity contribution in [1.82, 2.24) is 4.98 Å². The first kappa shape index (κ1) is 19.3. The van der Waals surface area contributed by atoms with Crippen molar-refractivity contribution < 1.29 is 13.2 Å². The van der Waals surface area contributed by atoms with Gasteiger partial charge in [0.15, 0.2) is 0 Å². The molecule has 142 valence electrons. The molecule has 0 unspecified atom stereocenters. The number of anilines is 2. The Labute approximate surface area is 164 Å². The van der Waals surface area contributed by atoms with E-state index < -0.39 is 10.0 Å². The summed E-state index contributed by atoms with van der Waals surface area (Å²) < 4.78 is 26.8. The van der Waals surface area contributed by atoms with Crippen LogP contribution < -0.4 is 10.0 Å². The predicted octanol–water partition coefficient (Wildman–Crippen LogP) is 4.05. The van der Waals surface area contributed by atoms with Crippen LogP contribution in [-0.4, -0.2) is 19.3 Å². The molecule has 0 radical (unpaired) electrons. The summed E-state index contributed by atoms with van der Waals surface area (Å²) in [6.45, 7) is 1.91. The van der Waals surface area contributed by atoms with Crippen LogP contribution in [0.15, 0.2) is 78.3 Å². The number of hydrogen-bond donors (Lipinski definition) is 2. The van der Waals surface area contributed by atoms with Gasteiger partial charge in [-0.3, -0.25) is 9.52 Å². The smallest absolute Gasteiger partial charge is 0.256 e. The third-order valence-electron chi connectivity index (χ3n) is 3.80. The van der Waals surface area contributed by atoms with Crippen LogP contribution in [-0.2, 0) is 10.0 Å². The van der Waals surface area contributed by atoms with E-state index in [1.807, 2.05) is 43.3 Å². The predicted molar refractivity (Wildman–Crippen MR) is 111 cm³/mol. The molecule has 0 atom stereocenters. The Morgan fingerprint density at radius 3 is 2.39 bits per heavy atom. The van der Waals surface area contributed by atoms with Gasteiger partial charge in [0.25, 0.3) is 15.9 Å². The maximum atomic E-state index is 12.3. The van der Waals surface area contributed by atoms with Crippen LogP contribution in [0, 0.1) is 6.92 Å². The number of carbonyl (C=O) groups is 1. The molecule has 3 aromatic rings. The van der Waals surface area contributed by atoms with Crippen LogP contribution in [0.5, 0.6) is 0 Å². The minimum Gasteiger partial charge on any atom is -0.307 e. The third-order valence-corrected chi connectivity index (χ3v) is 4.82. The molecule has 0 saturated carbocycles. The van der Waals surface area contributed by atoms with E-state index in [0.29, 0.717) is 17.1 Å². The van der Waals surface area contributed by atoms with Crippen molar-refractivity contribution >= 4 is 33.5 Å². The van der Waals surface area contributed by atoms with Gasteiger partial charge in [-0.1, -0.05) is 30.3 Å². The number of aromatic nitrogens is 1. The Bertz CT molecular complexity index is 1090. The van der Waals surface area contributed by atoms with Crippen molar-refractivity contribution in [2.75, 3.05) is 10.0 Å². The summed E-state index contributed by atoms with van der Waals surface area (Å²) in [5, 5.41) is 3.81. The van der Waals surface area contributed by atoms with E-state index in [9.17, 15) is 13.2 Å². The fourth-order valence-electron chi connectivity index (χ4n) is 2.41. The number of amides is 1. The molecular weight excluding hydrogens is 374 g/mol. The largest absolute Gasteiger partial charge is 0.307 e. The summed E-state index contributed by atoms with van der Waals surface area (Å²) in [5.41, 5.74) is 2.53. The molecule has 0 aliphatic rings. The third kappa shape index (κ3) is 5.52. The van der Waals surface area contributed by atoms with Crippen molar-refractivity contribution in [1.29, 1.82) is 0 Å². The Hall–Kier alpha value is -3.45. The van der Waals surface area contributed by atoms with E-state index in [1.165, 1.54) is 18.2 Å². The highest BCUT2D eigenvalue weighted by Crippen LogP contribution is 2.14. The minimum atomic E-state index is -3.66. The topological polar surface area (TPSA) is 88.2 Å². The number of rotatable bonds is 6.